The molecular weight excluding hydrogens is 394 g/mol. The Bertz CT molecular complexity index is 844. The van der Waals surface area contributed by atoms with Crippen LogP contribution in [0.5, 0.6) is 0 Å². The van der Waals surface area contributed by atoms with E-state index in [1.165, 1.54) is 0 Å². The zero-order valence-corrected chi connectivity index (χ0v) is 15.8. The topological polar surface area (TPSA) is 83.0 Å². The van der Waals surface area contributed by atoms with E-state index in [0.29, 0.717) is 25.5 Å². The summed E-state index contributed by atoms with van der Waals surface area (Å²) < 4.78 is 1.04. The number of aliphatic hydroxyl groups is 1. The van der Waals surface area contributed by atoms with Crippen LogP contribution >= 0.6 is 15.9 Å². The number of nitrogens with one attached hydrogen (secondary N) is 2. The molecule has 0 aliphatic carbocycles. The lowest BCUT2D eigenvalue weighted by Crippen LogP contribution is -2.10. The number of hydrogen-bond donors (Lipinski definition) is 3. The number of aliphatic hydroxyl groups excluding tert-OH is 1. The minimum absolute atomic E-state index is 0.128. The second kappa shape index (κ2) is 9.26. The fourth-order valence-corrected chi connectivity index (χ4v) is 2.84. The zero-order valence-electron chi connectivity index (χ0n) is 14.2. The van der Waals surface area contributed by atoms with Gasteiger partial charge in [0.15, 0.2) is 0 Å². The average Bonchev–Trinajstić information content (AvgIpc) is 2.67. The fourth-order valence-electron chi connectivity index (χ4n) is 2.40. The van der Waals surface area contributed by atoms with Crippen molar-refractivity contribution in [1.29, 1.82) is 0 Å². The maximum Gasteiger partial charge on any atom is 0.225 e. The third kappa shape index (κ3) is 5.24. The first-order valence-corrected chi connectivity index (χ1v) is 9.16. The van der Waals surface area contributed by atoms with Crippen LogP contribution in [0.15, 0.2) is 59.3 Å². The number of anilines is 2. The van der Waals surface area contributed by atoms with E-state index >= 15 is 0 Å². The molecule has 0 spiro atoms. The van der Waals surface area contributed by atoms with Crippen LogP contribution in [0.2, 0.25) is 0 Å². The number of benzene rings is 1. The van der Waals surface area contributed by atoms with Crippen LogP contribution in [-0.4, -0.2) is 33.2 Å². The van der Waals surface area contributed by atoms with Crippen LogP contribution < -0.4 is 10.6 Å². The van der Waals surface area contributed by atoms with E-state index in [1.807, 2.05) is 30.3 Å². The molecule has 2 aromatic heterocycles. The Morgan fingerprint density at radius 1 is 1.04 bits per heavy atom. The molecular formula is C19H20BrN5O. The Morgan fingerprint density at radius 3 is 2.73 bits per heavy atom. The summed E-state index contributed by atoms with van der Waals surface area (Å²) in [5.74, 6) is 1.25. The molecule has 0 unspecified atom stereocenters. The van der Waals surface area contributed by atoms with Crippen molar-refractivity contribution in [2.75, 3.05) is 23.8 Å². The van der Waals surface area contributed by atoms with E-state index < -0.39 is 0 Å². The van der Waals surface area contributed by atoms with Crippen LogP contribution in [-0.2, 0) is 6.54 Å². The minimum Gasteiger partial charge on any atom is -0.396 e. The maximum atomic E-state index is 8.96. The van der Waals surface area contributed by atoms with Crippen LogP contribution in [0, 0.1) is 0 Å². The molecule has 0 aliphatic rings. The monoisotopic (exact) mass is 413 g/mol. The number of rotatable bonds is 8. The molecule has 134 valence electrons. The number of nitrogens with zero attached hydrogens (tertiary/aromatic N) is 3. The first-order chi connectivity index (χ1) is 12.7. The Morgan fingerprint density at radius 2 is 1.96 bits per heavy atom. The fraction of sp³-hybridized carbons (Fsp3) is 0.211. The van der Waals surface area contributed by atoms with Crippen molar-refractivity contribution < 1.29 is 5.11 Å². The number of pyridine rings is 1. The average molecular weight is 414 g/mol. The summed E-state index contributed by atoms with van der Waals surface area (Å²) in [6.45, 7) is 1.39. The normalized spacial score (nSPS) is 10.5. The Labute approximate surface area is 160 Å². The van der Waals surface area contributed by atoms with Gasteiger partial charge in [-0.1, -0.05) is 28.1 Å². The summed E-state index contributed by atoms with van der Waals surface area (Å²) in [6.07, 6.45) is 4.15. The molecule has 3 aromatic rings. The highest BCUT2D eigenvalue weighted by Crippen LogP contribution is 2.21. The summed E-state index contributed by atoms with van der Waals surface area (Å²) in [6, 6.07) is 13.9. The van der Waals surface area contributed by atoms with Crippen LogP contribution in [0.25, 0.3) is 11.3 Å². The van der Waals surface area contributed by atoms with Crippen molar-refractivity contribution in [2.45, 2.75) is 13.0 Å². The smallest absolute Gasteiger partial charge is 0.225 e. The van der Waals surface area contributed by atoms with Gasteiger partial charge in [0, 0.05) is 48.2 Å². The predicted molar refractivity (Wildman–Crippen MR) is 107 cm³/mol. The Balaban J connectivity index is 1.81. The van der Waals surface area contributed by atoms with Gasteiger partial charge < -0.3 is 15.7 Å². The van der Waals surface area contributed by atoms with Gasteiger partial charge >= 0.3 is 0 Å². The highest BCUT2D eigenvalue weighted by Gasteiger charge is 2.07. The number of halogens is 1. The Kier molecular flexibility index (Phi) is 6.51. The van der Waals surface area contributed by atoms with Gasteiger partial charge in [-0.15, -0.1) is 0 Å². The quantitative estimate of drug-likeness (QED) is 0.488. The second-order valence-corrected chi connectivity index (χ2v) is 6.61. The molecule has 3 rings (SSSR count). The summed E-state index contributed by atoms with van der Waals surface area (Å²) >= 11 is 3.49. The van der Waals surface area contributed by atoms with E-state index in [0.717, 1.165) is 27.1 Å². The predicted octanol–water partition coefficient (Wildman–Crippen LogP) is 3.71. The second-order valence-electron chi connectivity index (χ2n) is 5.69. The minimum atomic E-state index is 0.128. The lowest BCUT2D eigenvalue weighted by Gasteiger charge is -2.11. The van der Waals surface area contributed by atoms with Crippen molar-refractivity contribution in [2.24, 2.45) is 0 Å². The molecule has 0 saturated carbocycles. The van der Waals surface area contributed by atoms with Gasteiger partial charge in [0.1, 0.15) is 5.82 Å². The zero-order chi connectivity index (χ0) is 18.2. The van der Waals surface area contributed by atoms with Gasteiger partial charge in [-0.25, -0.2) is 4.98 Å². The van der Waals surface area contributed by atoms with Gasteiger partial charge in [-0.2, -0.15) is 4.98 Å². The number of hydrogen-bond acceptors (Lipinski definition) is 6. The van der Waals surface area contributed by atoms with Crippen molar-refractivity contribution in [1.82, 2.24) is 15.0 Å². The summed E-state index contributed by atoms with van der Waals surface area (Å²) in [4.78, 5) is 13.2. The van der Waals surface area contributed by atoms with Crippen molar-refractivity contribution in [3.8, 4) is 11.3 Å². The van der Waals surface area contributed by atoms with Gasteiger partial charge in [0.25, 0.3) is 0 Å². The molecule has 0 atom stereocenters. The van der Waals surface area contributed by atoms with Gasteiger partial charge in [-0.3, -0.25) is 4.98 Å². The molecule has 6 nitrogen and oxygen atoms in total. The molecule has 2 heterocycles. The van der Waals surface area contributed by atoms with Crippen molar-refractivity contribution >= 4 is 27.7 Å². The summed E-state index contributed by atoms with van der Waals surface area (Å²) in [5.41, 5.74) is 2.86. The summed E-state index contributed by atoms with van der Waals surface area (Å²) in [7, 11) is 0. The van der Waals surface area contributed by atoms with Crippen LogP contribution in [0.3, 0.4) is 0 Å². The van der Waals surface area contributed by atoms with Gasteiger partial charge in [0.05, 0.1) is 5.69 Å². The highest BCUT2D eigenvalue weighted by molar-refractivity contribution is 9.10. The van der Waals surface area contributed by atoms with Crippen LogP contribution in [0.1, 0.15) is 12.0 Å². The lowest BCUT2D eigenvalue weighted by atomic mass is 10.2. The molecule has 7 heteroatoms. The molecule has 0 bridgehead atoms. The van der Waals surface area contributed by atoms with Crippen LogP contribution in [0.4, 0.5) is 11.8 Å². The van der Waals surface area contributed by atoms with E-state index in [-0.39, 0.29) is 6.61 Å². The van der Waals surface area contributed by atoms with E-state index in [9.17, 15) is 0 Å². The van der Waals surface area contributed by atoms with E-state index in [1.54, 1.807) is 12.4 Å². The Hall–Kier alpha value is -2.51. The standard InChI is InChI=1S/C19H20BrN5O/c20-16-6-1-4-14(10-16)12-23-18-11-17(15-5-2-7-21-13-15)24-19(25-18)22-8-3-9-26/h1-2,4-7,10-11,13,26H,3,8-9,12H2,(H2,22,23,24,25). The SMILES string of the molecule is OCCCNc1nc(NCc2cccc(Br)c2)cc(-c2cccnc2)n1. The molecule has 0 radical (unpaired) electrons. The molecule has 0 fully saturated rings. The first kappa shape index (κ1) is 18.3. The molecule has 3 N–H and O–H groups in total. The largest absolute Gasteiger partial charge is 0.396 e. The third-order valence-electron chi connectivity index (χ3n) is 3.66. The lowest BCUT2D eigenvalue weighted by molar-refractivity contribution is 0.292. The molecule has 26 heavy (non-hydrogen) atoms. The molecule has 1 aromatic carbocycles. The van der Waals surface area contributed by atoms with Crippen molar-refractivity contribution in [3.63, 3.8) is 0 Å². The summed E-state index contributed by atoms with van der Waals surface area (Å²) in [5, 5.41) is 15.5. The van der Waals surface area contributed by atoms with E-state index in [4.69, 9.17) is 5.11 Å². The van der Waals surface area contributed by atoms with Crippen molar-refractivity contribution in [3.05, 3.63) is 64.9 Å². The number of aromatic nitrogens is 3. The molecule has 0 saturated heterocycles. The molecule has 0 amide bonds. The first-order valence-electron chi connectivity index (χ1n) is 8.37. The van der Waals surface area contributed by atoms with E-state index in [2.05, 4.69) is 53.6 Å². The molecule has 0 aliphatic heterocycles. The van der Waals surface area contributed by atoms with Gasteiger partial charge in [-0.05, 0) is 36.2 Å². The maximum absolute atomic E-state index is 8.96. The third-order valence-corrected chi connectivity index (χ3v) is 4.16. The highest BCUT2D eigenvalue weighted by atomic mass is 79.9. The van der Waals surface area contributed by atoms with Gasteiger partial charge in [0.2, 0.25) is 5.95 Å².